The predicted octanol–water partition coefficient (Wildman–Crippen LogP) is 1.87. The van der Waals surface area contributed by atoms with Gasteiger partial charge in [0.1, 0.15) is 22.3 Å². The Morgan fingerprint density at radius 1 is 1.05 bits per heavy atom. The third-order valence-electron chi connectivity index (χ3n) is 2.12. The van der Waals surface area contributed by atoms with Crippen LogP contribution in [0.2, 0.25) is 0 Å². The van der Waals surface area contributed by atoms with Crippen molar-refractivity contribution in [2.24, 2.45) is 0 Å². The van der Waals surface area contributed by atoms with Crippen LogP contribution >= 0.6 is 0 Å². The number of nitrogens with zero attached hydrogens (tertiary/aromatic N) is 1. The third-order valence-corrected chi connectivity index (χ3v) is 3.47. The van der Waals surface area contributed by atoms with Crippen molar-refractivity contribution in [1.29, 1.82) is 0 Å². The lowest BCUT2D eigenvalue weighted by molar-refractivity contribution is 0.469. The van der Waals surface area contributed by atoms with E-state index in [1.165, 1.54) is 0 Å². The standard InChI is InChI=1S/C11H8F2N2O3S/c12-7-1-9(4-10(16)2-7)15-19(17,18)11-3-8(13)5-14-6-11/h1-6,15-16H. The van der Waals surface area contributed by atoms with E-state index < -0.39 is 32.3 Å². The molecule has 0 radical (unpaired) electrons. The number of phenolic OH excluding ortho intramolecular Hbond substituents is 1. The van der Waals surface area contributed by atoms with Crippen molar-refractivity contribution in [3.63, 3.8) is 0 Å². The average Bonchev–Trinajstić information content (AvgIpc) is 2.26. The molecule has 1 heterocycles. The summed E-state index contributed by atoms with van der Waals surface area (Å²) in [7, 11) is -4.10. The molecule has 0 bridgehead atoms. The molecule has 2 N–H and O–H groups in total. The highest BCUT2D eigenvalue weighted by Gasteiger charge is 2.16. The Morgan fingerprint density at radius 3 is 2.42 bits per heavy atom. The molecule has 0 aliphatic heterocycles. The summed E-state index contributed by atoms with van der Waals surface area (Å²) in [6.45, 7) is 0. The van der Waals surface area contributed by atoms with Crippen LogP contribution in [0.4, 0.5) is 14.5 Å². The van der Waals surface area contributed by atoms with Gasteiger partial charge >= 0.3 is 0 Å². The van der Waals surface area contributed by atoms with Gasteiger partial charge in [-0.1, -0.05) is 0 Å². The minimum absolute atomic E-state index is 0.179. The zero-order chi connectivity index (χ0) is 14.0. The van der Waals surface area contributed by atoms with Crippen LogP contribution in [0.15, 0.2) is 41.6 Å². The van der Waals surface area contributed by atoms with Crippen LogP contribution in [0.5, 0.6) is 5.75 Å². The summed E-state index contributed by atoms with van der Waals surface area (Å²) < 4.78 is 51.6. The lowest BCUT2D eigenvalue weighted by Gasteiger charge is -2.08. The largest absolute Gasteiger partial charge is 0.508 e. The molecule has 5 nitrogen and oxygen atoms in total. The number of hydrogen-bond acceptors (Lipinski definition) is 4. The van der Waals surface area contributed by atoms with Gasteiger partial charge in [0.15, 0.2) is 0 Å². The highest BCUT2D eigenvalue weighted by molar-refractivity contribution is 7.92. The number of halogens is 2. The van der Waals surface area contributed by atoms with Crippen LogP contribution in [0.1, 0.15) is 0 Å². The fourth-order valence-electron chi connectivity index (χ4n) is 1.39. The first-order valence-electron chi connectivity index (χ1n) is 5.00. The maximum Gasteiger partial charge on any atom is 0.263 e. The molecule has 1 aromatic heterocycles. The van der Waals surface area contributed by atoms with Crippen molar-refractivity contribution in [3.8, 4) is 5.75 Å². The van der Waals surface area contributed by atoms with Gasteiger partial charge in [0, 0.05) is 18.3 Å². The summed E-state index contributed by atoms with van der Waals surface area (Å²) in [6, 6.07) is 3.49. The zero-order valence-corrected chi connectivity index (χ0v) is 10.2. The molecule has 0 aliphatic carbocycles. The van der Waals surface area contributed by atoms with Crippen LogP contribution in [-0.4, -0.2) is 18.5 Å². The normalized spacial score (nSPS) is 11.3. The maximum absolute atomic E-state index is 13.0. The van der Waals surface area contributed by atoms with E-state index in [2.05, 4.69) is 4.98 Å². The summed E-state index contributed by atoms with van der Waals surface area (Å²) in [5.74, 6) is -2.06. The van der Waals surface area contributed by atoms with Gasteiger partial charge in [0.05, 0.1) is 11.9 Å². The Hall–Kier alpha value is -2.22. The fraction of sp³-hybridized carbons (Fsp3) is 0. The van der Waals surface area contributed by atoms with Crippen molar-refractivity contribution < 1.29 is 22.3 Å². The van der Waals surface area contributed by atoms with Gasteiger partial charge in [-0.3, -0.25) is 9.71 Å². The Kier molecular flexibility index (Phi) is 3.34. The Bertz CT molecular complexity index is 699. The van der Waals surface area contributed by atoms with E-state index in [0.29, 0.717) is 0 Å². The second-order valence-electron chi connectivity index (χ2n) is 3.64. The number of aromatic nitrogens is 1. The van der Waals surface area contributed by atoms with Crippen LogP contribution < -0.4 is 4.72 Å². The second kappa shape index (κ2) is 4.81. The minimum Gasteiger partial charge on any atom is -0.508 e. The first-order valence-corrected chi connectivity index (χ1v) is 6.48. The number of nitrogens with one attached hydrogen (secondary N) is 1. The molecule has 2 rings (SSSR count). The number of sulfonamides is 1. The van der Waals surface area contributed by atoms with E-state index in [1.54, 1.807) is 0 Å². The molecule has 2 aromatic rings. The number of rotatable bonds is 3. The maximum atomic E-state index is 13.0. The molecule has 0 saturated heterocycles. The van der Waals surface area contributed by atoms with E-state index in [0.717, 1.165) is 36.7 Å². The summed E-state index contributed by atoms with van der Waals surface area (Å²) in [6.07, 6.45) is 1.80. The first kappa shape index (κ1) is 13.2. The molecule has 19 heavy (non-hydrogen) atoms. The van der Waals surface area contributed by atoms with Gasteiger partial charge in [0.2, 0.25) is 0 Å². The highest BCUT2D eigenvalue weighted by Crippen LogP contribution is 2.21. The van der Waals surface area contributed by atoms with E-state index in [-0.39, 0.29) is 5.69 Å². The molecule has 1 aromatic carbocycles. The number of phenols is 1. The van der Waals surface area contributed by atoms with Crippen molar-refractivity contribution in [2.45, 2.75) is 4.90 Å². The van der Waals surface area contributed by atoms with Crippen molar-refractivity contribution in [3.05, 3.63) is 48.3 Å². The molecular weight excluding hydrogens is 278 g/mol. The predicted molar refractivity (Wildman–Crippen MR) is 63.1 cm³/mol. The quantitative estimate of drug-likeness (QED) is 0.902. The lowest BCUT2D eigenvalue weighted by atomic mass is 10.3. The van der Waals surface area contributed by atoms with Crippen molar-refractivity contribution in [1.82, 2.24) is 4.98 Å². The Balaban J connectivity index is 2.36. The van der Waals surface area contributed by atoms with Gasteiger partial charge in [-0.2, -0.15) is 0 Å². The average molecular weight is 286 g/mol. The second-order valence-corrected chi connectivity index (χ2v) is 5.32. The number of aromatic hydroxyl groups is 1. The van der Waals surface area contributed by atoms with E-state index in [4.69, 9.17) is 5.11 Å². The fourth-order valence-corrected chi connectivity index (χ4v) is 2.40. The third kappa shape index (κ3) is 3.16. The monoisotopic (exact) mass is 286 g/mol. The van der Waals surface area contributed by atoms with Crippen LogP contribution in [-0.2, 0) is 10.0 Å². The Labute approximate surface area is 107 Å². The highest BCUT2D eigenvalue weighted by atomic mass is 32.2. The van der Waals surface area contributed by atoms with Crippen LogP contribution in [0.25, 0.3) is 0 Å². The van der Waals surface area contributed by atoms with E-state index in [1.807, 2.05) is 4.72 Å². The molecule has 0 spiro atoms. The van der Waals surface area contributed by atoms with Gasteiger partial charge in [-0.15, -0.1) is 0 Å². The molecule has 0 amide bonds. The Morgan fingerprint density at radius 2 is 1.79 bits per heavy atom. The number of pyridine rings is 1. The van der Waals surface area contributed by atoms with Crippen LogP contribution in [0, 0.1) is 11.6 Å². The van der Waals surface area contributed by atoms with Gasteiger partial charge in [-0.25, -0.2) is 17.2 Å². The van der Waals surface area contributed by atoms with Crippen LogP contribution in [0.3, 0.4) is 0 Å². The number of benzene rings is 1. The summed E-state index contributed by atoms with van der Waals surface area (Å²) in [4.78, 5) is 3.00. The van der Waals surface area contributed by atoms with Crippen molar-refractivity contribution >= 4 is 15.7 Å². The number of anilines is 1. The molecule has 8 heteroatoms. The minimum atomic E-state index is -4.10. The smallest absolute Gasteiger partial charge is 0.263 e. The summed E-state index contributed by atoms with van der Waals surface area (Å²) in [5, 5.41) is 9.16. The van der Waals surface area contributed by atoms with Crippen molar-refractivity contribution in [2.75, 3.05) is 4.72 Å². The molecule has 100 valence electrons. The molecule has 0 atom stereocenters. The molecule has 0 saturated carbocycles. The summed E-state index contributed by atoms with van der Waals surface area (Å²) in [5.41, 5.74) is -0.179. The van der Waals surface area contributed by atoms with E-state index in [9.17, 15) is 17.2 Å². The van der Waals surface area contributed by atoms with E-state index >= 15 is 0 Å². The first-order chi connectivity index (χ1) is 8.87. The lowest BCUT2D eigenvalue weighted by Crippen LogP contribution is -2.13. The summed E-state index contributed by atoms with van der Waals surface area (Å²) >= 11 is 0. The molecular formula is C11H8F2N2O3S. The molecule has 0 fully saturated rings. The number of hydrogen-bond donors (Lipinski definition) is 2. The zero-order valence-electron chi connectivity index (χ0n) is 9.34. The SMILES string of the molecule is O=S(=O)(Nc1cc(O)cc(F)c1)c1cncc(F)c1. The molecule has 0 unspecified atom stereocenters. The molecule has 0 aliphatic rings. The van der Waals surface area contributed by atoms with Gasteiger partial charge in [-0.05, 0) is 12.1 Å². The van der Waals surface area contributed by atoms with Gasteiger partial charge < -0.3 is 5.11 Å². The van der Waals surface area contributed by atoms with Gasteiger partial charge in [0.25, 0.3) is 10.0 Å². The topological polar surface area (TPSA) is 79.3 Å².